The van der Waals surface area contributed by atoms with Crippen LogP contribution in [-0.4, -0.2) is 25.0 Å². The van der Waals surface area contributed by atoms with E-state index in [0.29, 0.717) is 12.3 Å². The van der Waals surface area contributed by atoms with E-state index in [9.17, 15) is 9.59 Å². The monoisotopic (exact) mass is 211 g/mol. The molecule has 0 bridgehead atoms. The summed E-state index contributed by atoms with van der Waals surface area (Å²) in [5, 5.41) is 2.40. The number of carbonyl (C=O) groups excluding carboxylic acids is 2. The number of ether oxygens (including phenoxy) is 1. The first-order chi connectivity index (χ1) is 7.06. The average Bonchev–Trinajstić information content (AvgIpc) is 2.20. The molecule has 0 spiro atoms. The first-order valence-electron chi connectivity index (χ1n) is 4.92. The van der Waals surface area contributed by atoms with Gasteiger partial charge in [0.2, 0.25) is 0 Å². The van der Waals surface area contributed by atoms with Crippen molar-refractivity contribution < 1.29 is 14.3 Å². The fraction of sp³-hybridized carbons (Fsp3) is 0.636. The van der Waals surface area contributed by atoms with Gasteiger partial charge in [0, 0.05) is 6.42 Å². The van der Waals surface area contributed by atoms with Crippen LogP contribution in [0.15, 0.2) is 0 Å². The van der Waals surface area contributed by atoms with Crippen LogP contribution in [0.25, 0.3) is 0 Å². The van der Waals surface area contributed by atoms with E-state index in [1.54, 1.807) is 0 Å². The van der Waals surface area contributed by atoms with Crippen molar-refractivity contribution in [3.8, 4) is 12.3 Å². The molecule has 0 aliphatic rings. The number of carbonyl (C=O) groups is 2. The van der Waals surface area contributed by atoms with Crippen LogP contribution in [0.4, 0.5) is 0 Å². The lowest BCUT2D eigenvalue weighted by Crippen LogP contribution is -2.28. The minimum atomic E-state index is -0.370. The molecule has 84 valence electrons. The standard InChI is InChI=1S/C11H17NO3/c1-4-7-12-10(13)8-15-11(14)6-5-9(2)3/h1,9H,5-8H2,2-3H3,(H,12,13). The SMILES string of the molecule is C#CCNC(=O)COC(=O)CCC(C)C. The summed E-state index contributed by atoms with van der Waals surface area (Å²) in [4.78, 5) is 22.0. The van der Waals surface area contributed by atoms with Crippen LogP contribution in [0.3, 0.4) is 0 Å². The average molecular weight is 211 g/mol. The fourth-order valence-electron chi connectivity index (χ4n) is 0.825. The molecule has 0 unspecified atom stereocenters. The molecule has 0 aromatic carbocycles. The third kappa shape index (κ3) is 8.82. The minimum absolute atomic E-state index is 0.155. The maximum atomic E-state index is 11.1. The number of terminal acetylenes is 1. The smallest absolute Gasteiger partial charge is 0.306 e. The summed E-state index contributed by atoms with van der Waals surface area (Å²) in [7, 11) is 0. The van der Waals surface area contributed by atoms with Crippen LogP contribution < -0.4 is 5.32 Å². The zero-order valence-corrected chi connectivity index (χ0v) is 9.21. The number of hydrogen-bond donors (Lipinski definition) is 1. The van der Waals surface area contributed by atoms with E-state index in [1.807, 2.05) is 13.8 Å². The molecular formula is C11H17NO3. The second-order valence-electron chi connectivity index (χ2n) is 3.57. The Balaban J connectivity index is 3.54. The quantitative estimate of drug-likeness (QED) is 0.520. The third-order valence-electron chi connectivity index (χ3n) is 1.68. The molecule has 4 heteroatoms. The maximum Gasteiger partial charge on any atom is 0.306 e. The van der Waals surface area contributed by atoms with Crippen molar-refractivity contribution in [3.05, 3.63) is 0 Å². The molecule has 0 aromatic rings. The Morgan fingerprint density at radius 2 is 2.13 bits per heavy atom. The Morgan fingerprint density at radius 3 is 2.67 bits per heavy atom. The van der Waals surface area contributed by atoms with Gasteiger partial charge < -0.3 is 10.1 Å². The Bertz CT molecular complexity index is 253. The molecule has 15 heavy (non-hydrogen) atoms. The number of rotatable bonds is 6. The van der Waals surface area contributed by atoms with Crippen molar-refractivity contribution in [1.29, 1.82) is 0 Å². The fourth-order valence-corrected chi connectivity index (χ4v) is 0.825. The van der Waals surface area contributed by atoms with Gasteiger partial charge in [0.05, 0.1) is 6.54 Å². The van der Waals surface area contributed by atoms with Gasteiger partial charge in [0.25, 0.3) is 5.91 Å². The van der Waals surface area contributed by atoms with Crippen LogP contribution in [0.1, 0.15) is 26.7 Å². The summed E-state index contributed by atoms with van der Waals surface area (Å²) in [6, 6.07) is 0. The summed E-state index contributed by atoms with van der Waals surface area (Å²) >= 11 is 0. The Morgan fingerprint density at radius 1 is 1.47 bits per heavy atom. The lowest BCUT2D eigenvalue weighted by Gasteiger charge is -2.05. The number of nitrogens with one attached hydrogen (secondary N) is 1. The highest BCUT2D eigenvalue weighted by molar-refractivity contribution is 5.80. The molecule has 0 fully saturated rings. The van der Waals surface area contributed by atoms with Crippen LogP contribution in [0.2, 0.25) is 0 Å². The van der Waals surface area contributed by atoms with Crippen molar-refractivity contribution in [2.75, 3.05) is 13.2 Å². The molecule has 0 rings (SSSR count). The summed E-state index contributed by atoms with van der Waals surface area (Å²) in [5.74, 6) is 1.99. The first kappa shape index (κ1) is 13.5. The van der Waals surface area contributed by atoms with Gasteiger partial charge >= 0.3 is 5.97 Å². The summed E-state index contributed by atoms with van der Waals surface area (Å²) in [6.45, 7) is 3.95. The molecule has 0 saturated heterocycles. The molecule has 0 atom stereocenters. The van der Waals surface area contributed by atoms with Crippen LogP contribution in [0, 0.1) is 18.3 Å². The van der Waals surface area contributed by atoms with Crippen molar-refractivity contribution in [3.63, 3.8) is 0 Å². The minimum Gasteiger partial charge on any atom is -0.456 e. The van der Waals surface area contributed by atoms with Crippen molar-refractivity contribution in [1.82, 2.24) is 5.32 Å². The number of esters is 1. The largest absolute Gasteiger partial charge is 0.456 e. The normalized spacial score (nSPS) is 9.47. The van der Waals surface area contributed by atoms with E-state index in [1.165, 1.54) is 0 Å². The highest BCUT2D eigenvalue weighted by Crippen LogP contribution is 2.03. The van der Waals surface area contributed by atoms with Crippen molar-refractivity contribution in [2.45, 2.75) is 26.7 Å². The van der Waals surface area contributed by atoms with Crippen LogP contribution in [-0.2, 0) is 14.3 Å². The van der Waals surface area contributed by atoms with Gasteiger partial charge in [-0.3, -0.25) is 9.59 Å². The van der Waals surface area contributed by atoms with Gasteiger partial charge in [-0.1, -0.05) is 19.8 Å². The molecule has 1 amide bonds. The predicted octanol–water partition coefficient (Wildman–Crippen LogP) is 0.715. The van der Waals surface area contributed by atoms with Gasteiger partial charge in [0.15, 0.2) is 6.61 Å². The zero-order chi connectivity index (χ0) is 11.7. The highest BCUT2D eigenvalue weighted by atomic mass is 16.5. The summed E-state index contributed by atoms with van der Waals surface area (Å²) in [5.41, 5.74) is 0. The molecule has 0 saturated carbocycles. The number of hydrogen-bond acceptors (Lipinski definition) is 3. The van der Waals surface area contributed by atoms with E-state index in [2.05, 4.69) is 11.2 Å². The van der Waals surface area contributed by atoms with E-state index in [-0.39, 0.29) is 25.0 Å². The Labute approximate surface area is 90.4 Å². The maximum absolute atomic E-state index is 11.1. The molecule has 0 radical (unpaired) electrons. The molecule has 0 aromatic heterocycles. The van der Waals surface area contributed by atoms with Crippen molar-refractivity contribution in [2.24, 2.45) is 5.92 Å². The third-order valence-corrected chi connectivity index (χ3v) is 1.68. The Hall–Kier alpha value is -1.50. The molecule has 4 nitrogen and oxygen atoms in total. The second kappa shape index (κ2) is 7.86. The van der Waals surface area contributed by atoms with Crippen LogP contribution in [0.5, 0.6) is 0 Å². The molecule has 0 aliphatic heterocycles. The highest BCUT2D eigenvalue weighted by Gasteiger charge is 2.07. The van der Waals surface area contributed by atoms with Gasteiger partial charge in [-0.15, -0.1) is 6.42 Å². The lowest BCUT2D eigenvalue weighted by atomic mass is 10.1. The number of amides is 1. The van der Waals surface area contributed by atoms with Crippen molar-refractivity contribution >= 4 is 11.9 Å². The zero-order valence-electron chi connectivity index (χ0n) is 9.21. The molecule has 0 aliphatic carbocycles. The van der Waals surface area contributed by atoms with E-state index in [0.717, 1.165) is 6.42 Å². The summed E-state index contributed by atoms with van der Waals surface area (Å²) in [6.07, 6.45) is 6.06. The van der Waals surface area contributed by atoms with Gasteiger partial charge in [-0.2, -0.15) is 0 Å². The lowest BCUT2D eigenvalue weighted by molar-refractivity contribution is -0.148. The van der Waals surface area contributed by atoms with Gasteiger partial charge in [-0.25, -0.2) is 0 Å². The second-order valence-corrected chi connectivity index (χ2v) is 3.57. The molecular weight excluding hydrogens is 194 g/mol. The topological polar surface area (TPSA) is 55.4 Å². The predicted molar refractivity (Wildman–Crippen MR) is 56.9 cm³/mol. The molecule has 1 N–H and O–H groups in total. The summed E-state index contributed by atoms with van der Waals surface area (Å²) < 4.78 is 4.73. The van der Waals surface area contributed by atoms with Gasteiger partial charge in [-0.05, 0) is 12.3 Å². The Kier molecular flexibility index (Phi) is 7.08. The van der Waals surface area contributed by atoms with Crippen LogP contribution >= 0.6 is 0 Å². The van der Waals surface area contributed by atoms with E-state index >= 15 is 0 Å². The van der Waals surface area contributed by atoms with Gasteiger partial charge in [0.1, 0.15) is 0 Å². The first-order valence-corrected chi connectivity index (χ1v) is 4.92. The molecule has 0 heterocycles. The van der Waals surface area contributed by atoms with E-state index < -0.39 is 0 Å². The van der Waals surface area contributed by atoms with E-state index in [4.69, 9.17) is 11.2 Å².